The Hall–Kier alpha value is -1.40. The van der Waals surface area contributed by atoms with Gasteiger partial charge in [0.2, 0.25) is 0 Å². The number of amides is 1. The van der Waals surface area contributed by atoms with E-state index in [9.17, 15) is 4.79 Å². The van der Waals surface area contributed by atoms with Crippen LogP contribution in [0.2, 0.25) is 0 Å². The van der Waals surface area contributed by atoms with Gasteiger partial charge in [-0.2, -0.15) is 0 Å². The van der Waals surface area contributed by atoms with Crippen LogP contribution in [0.15, 0.2) is 35.7 Å². The van der Waals surface area contributed by atoms with Crippen LogP contribution in [0.3, 0.4) is 0 Å². The Balaban J connectivity index is 0.00000208. The second kappa shape index (κ2) is 9.18. The molecule has 4 nitrogen and oxygen atoms in total. The van der Waals surface area contributed by atoms with Gasteiger partial charge < -0.3 is 10.6 Å². The Morgan fingerprint density at radius 1 is 1.21 bits per heavy atom. The van der Waals surface area contributed by atoms with Crippen LogP contribution in [0.4, 0.5) is 0 Å². The fourth-order valence-corrected chi connectivity index (χ4v) is 3.62. The van der Waals surface area contributed by atoms with E-state index in [1.807, 2.05) is 11.4 Å². The zero-order valence-electron chi connectivity index (χ0n) is 13.9. The maximum Gasteiger partial charge on any atom is 0.262 e. The van der Waals surface area contributed by atoms with Crippen LogP contribution in [0, 0.1) is 6.92 Å². The monoisotopic (exact) mass is 365 g/mol. The minimum Gasteiger partial charge on any atom is -0.350 e. The topological polar surface area (TPSA) is 44.4 Å². The number of carbonyl (C=O) groups excluding carboxylic acids is 1. The van der Waals surface area contributed by atoms with Crippen molar-refractivity contribution >= 4 is 29.7 Å². The summed E-state index contributed by atoms with van der Waals surface area (Å²) in [5, 5.41) is 8.39. The number of hydrogen-bond acceptors (Lipinski definition) is 4. The number of halogens is 1. The maximum absolute atomic E-state index is 12.5. The highest BCUT2D eigenvalue weighted by Crippen LogP contribution is 2.28. The van der Waals surface area contributed by atoms with E-state index < -0.39 is 0 Å². The van der Waals surface area contributed by atoms with Gasteiger partial charge in [0, 0.05) is 44.8 Å². The van der Waals surface area contributed by atoms with Crippen LogP contribution in [0.1, 0.15) is 15.2 Å². The third kappa shape index (κ3) is 4.80. The first kappa shape index (κ1) is 18.9. The maximum atomic E-state index is 12.5. The number of benzene rings is 1. The van der Waals surface area contributed by atoms with Gasteiger partial charge in [-0.15, -0.1) is 23.7 Å². The average molecular weight is 366 g/mol. The van der Waals surface area contributed by atoms with E-state index in [0.717, 1.165) is 48.7 Å². The van der Waals surface area contributed by atoms with Gasteiger partial charge in [-0.1, -0.05) is 29.8 Å². The number of hydrogen-bond donors (Lipinski definition) is 2. The minimum absolute atomic E-state index is 0. The molecule has 0 bridgehead atoms. The molecular formula is C18H24ClN3OS. The third-order valence-corrected chi connectivity index (χ3v) is 5.07. The van der Waals surface area contributed by atoms with E-state index in [0.29, 0.717) is 6.54 Å². The molecule has 1 saturated heterocycles. The molecule has 2 aromatic rings. The predicted molar refractivity (Wildman–Crippen MR) is 103 cm³/mol. The highest BCUT2D eigenvalue weighted by molar-refractivity contribution is 7.12. The molecule has 1 aliphatic rings. The molecule has 1 aliphatic heterocycles. The fraction of sp³-hybridized carbons (Fsp3) is 0.389. The van der Waals surface area contributed by atoms with E-state index in [-0.39, 0.29) is 18.3 Å². The van der Waals surface area contributed by atoms with Crippen molar-refractivity contribution in [3.05, 3.63) is 46.2 Å². The molecule has 0 spiro atoms. The van der Waals surface area contributed by atoms with Gasteiger partial charge in [0.25, 0.3) is 5.91 Å². The summed E-state index contributed by atoms with van der Waals surface area (Å²) >= 11 is 1.51. The Labute approximate surface area is 153 Å². The molecule has 2 heterocycles. The fourth-order valence-electron chi connectivity index (χ4n) is 2.79. The van der Waals surface area contributed by atoms with E-state index in [4.69, 9.17) is 0 Å². The summed E-state index contributed by atoms with van der Waals surface area (Å²) in [5.74, 6) is 0.0331. The zero-order valence-corrected chi connectivity index (χ0v) is 15.5. The van der Waals surface area contributed by atoms with Crippen molar-refractivity contribution in [2.75, 3.05) is 39.3 Å². The molecule has 2 N–H and O–H groups in total. The summed E-state index contributed by atoms with van der Waals surface area (Å²) in [6.07, 6.45) is 0. The first-order valence-corrected chi connectivity index (χ1v) is 8.98. The molecule has 1 fully saturated rings. The van der Waals surface area contributed by atoms with Crippen molar-refractivity contribution in [1.82, 2.24) is 15.5 Å². The van der Waals surface area contributed by atoms with Gasteiger partial charge in [0.15, 0.2) is 0 Å². The van der Waals surface area contributed by atoms with Gasteiger partial charge in [-0.25, -0.2) is 0 Å². The second-order valence-electron chi connectivity index (χ2n) is 5.88. The normalized spacial score (nSPS) is 14.9. The number of nitrogens with one attached hydrogen (secondary N) is 2. The Morgan fingerprint density at radius 3 is 2.62 bits per heavy atom. The molecule has 130 valence electrons. The first-order chi connectivity index (χ1) is 11.2. The average Bonchev–Trinajstić information content (AvgIpc) is 3.06. The zero-order chi connectivity index (χ0) is 16.1. The molecule has 1 amide bonds. The number of nitrogens with zero attached hydrogens (tertiary/aromatic N) is 1. The van der Waals surface area contributed by atoms with Crippen LogP contribution < -0.4 is 10.6 Å². The summed E-state index contributed by atoms with van der Waals surface area (Å²) in [6.45, 7) is 7.88. The van der Waals surface area contributed by atoms with E-state index in [1.165, 1.54) is 16.9 Å². The number of carbonyl (C=O) groups is 1. The van der Waals surface area contributed by atoms with Crippen molar-refractivity contribution < 1.29 is 4.79 Å². The molecule has 0 saturated carbocycles. The highest BCUT2D eigenvalue weighted by atomic mass is 35.5. The Morgan fingerprint density at radius 2 is 1.92 bits per heavy atom. The van der Waals surface area contributed by atoms with E-state index in [1.54, 1.807) is 0 Å². The highest BCUT2D eigenvalue weighted by Gasteiger charge is 2.15. The minimum atomic E-state index is 0. The standard InChI is InChI=1S/C18H23N3OS.ClH/c1-14-2-4-15(5-3-14)16-6-13-23-17(16)18(22)20-9-12-21-10-7-19-8-11-21;/h2-6,13,19H,7-12H2,1H3,(H,20,22);1H. The van der Waals surface area contributed by atoms with E-state index >= 15 is 0 Å². The number of rotatable bonds is 5. The summed E-state index contributed by atoms with van der Waals surface area (Å²) in [6, 6.07) is 10.3. The van der Waals surface area contributed by atoms with Gasteiger partial charge in [0.1, 0.15) is 0 Å². The van der Waals surface area contributed by atoms with Gasteiger partial charge >= 0.3 is 0 Å². The number of piperazine rings is 1. The molecule has 1 aromatic heterocycles. The van der Waals surface area contributed by atoms with Crippen molar-refractivity contribution in [2.45, 2.75) is 6.92 Å². The van der Waals surface area contributed by atoms with Gasteiger partial charge in [0.05, 0.1) is 4.88 Å². The van der Waals surface area contributed by atoms with Crippen LogP contribution in [-0.2, 0) is 0 Å². The molecular weight excluding hydrogens is 342 g/mol. The smallest absolute Gasteiger partial charge is 0.262 e. The molecule has 24 heavy (non-hydrogen) atoms. The van der Waals surface area contributed by atoms with Crippen LogP contribution >= 0.6 is 23.7 Å². The summed E-state index contributed by atoms with van der Waals surface area (Å²) in [4.78, 5) is 15.7. The van der Waals surface area contributed by atoms with Crippen molar-refractivity contribution in [3.63, 3.8) is 0 Å². The largest absolute Gasteiger partial charge is 0.350 e. The first-order valence-electron chi connectivity index (χ1n) is 8.10. The van der Waals surface area contributed by atoms with Crippen LogP contribution in [0.25, 0.3) is 11.1 Å². The van der Waals surface area contributed by atoms with Gasteiger partial charge in [-0.05, 0) is 23.9 Å². The van der Waals surface area contributed by atoms with Gasteiger partial charge in [-0.3, -0.25) is 9.69 Å². The molecule has 1 aromatic carbocycles. The molecule has 0 atom stereocenters. The lowest BCUT2D eigenvalue weighted by Gasteiger charge is -2.27. The lowest BCUT2D eigenvalue weighted by atomic mass is 10.0. The lowest BCUT2D eigenvalue weighted by Crippen LogP contribution is -2.46. The van der Waals surface area contributed by atoms with Crippen LogP contribution in [0.5, 0.6) is 0 Å². The Kier molecular flexibility index (Phi) is 7.24. The van der Waals surface area contributed by atoms with Crippen molar-refractivity contribution in [2.24, 2.45) is 0 Å². The number of thiophene rings is 1. The predicted octanol–water partition coefficient (Wildman–Crippen LogP) is 2.78. The molecule has 0 unspecified atom stereocenters. The number of aryl methyl sites for hydroxylation is 1. The summed E-state index contributed by atoms with van der Waals surface area (Å²) < 4.78 is 0. The summed E-state index contributed by atoms with van der Waals surface area (Å²) in [7, 11) is 0. The third-order valence-electron chi connectivity index (χ3n) is 4.16. The van der Waals surface area contributed by atoms with Crippen LogP contribution in [-0.4, -0.2) is 50.1 Å². The molecule has 3 rings (SSSR count). The lowest BCUT2D eigenvalue weighted by molar-refractivity contribution is 0.0952. The molecule has 0 radical (unpaired) electrons. The second-order valence-corrected chi connectivity index (χ2v) is 6.79. The quantitative estimate of drug-likeness (QED) is 0.856. The Bertz CT molecular complexity index is 651. The summed E-state index contributed by atoms with van der Waals surface area (Å²) in [5.41, 5.74) is 3.35. The van der Waals surface area contributed by atoms with E-state index in [2.05, 4.69) is 46.7 Å². The van der Waals surface area contributed by atoms with Crippen molar-refractivity contribution in [1.29, 1.82) is 0 Å². The SMILES string of the molecule is Cc1ccc(-c2ccsc2C(=O)NCCN2CCNCC2)cc1.Cl. The molecule has 0 aliphatic carbocycles. The molecule has 6 heteroatoms. The van der Waals surface area contributed by atoms with Crippen molar-refractivity contribution in [3.8, 4) is 11.1 Å².